The molecule has 0 fully saturated rings. The van der Waals surface area contributed by atoms with Crippen molar-refractivity contribution in [2.24, 2.45) is 0 Å². The average Bonchev–Trinajstić information content (AvgIpc) is 2.75. The van der Waals surface area contributed by atoms with E-state index in [1.54, 1.807) is 54.6 Å². The molecule has 1 aliphatic rings. The molecule has 1 heterocycles. The number of ether oxygens (including phenoxy) is 1. The van der Waals surface area contributed by atoms with Gasteiger partial charge in [0, 0.05) is 46.2 Å². The Hall–Kier alpha value is -0.760. The van der Waals surface area contributed by atoms with Gasteiger partial charge in [-0.25, -0.2) is 0 Å². The zero-order chi connectivity index (χ0) is 14.4. The number of benzene rings is 2. The number of hydrogen-bond donors (Lipinski definition) is 1. The quantitative estimate of drug-likeness (QED) is 0.519. The van der Waals surface area contributed by atoms with Crippen molar-refractivity contribution >= 4 is 56.9 Å². The molecule has 7 heteroatoms. The first-order valence-corrected chi connectivity index (χ1v) is 7.67. The molecule has 21 heavy (non-hydrogen) atoms. The van der Waals surface area contributed by atoms with Gasteiger partial charge in [0.1, 0.15) is 0 Å². The van der Waals surface area contributed by atoms with Gasteiger partial charge >= 0.3 is 10.1 Å². The summed E-state index contributed by atoms with van der Waals surface area (Å²) in [5.41, 5.74) is 1.15. The Balaban J connectivity index is 0.00000161. The molecule has 3 rings (SSSR count). The van der Waals surface area contributed by atoms with Crippen LogP contribution in [0.4, 0.5) is 0 Å². The number of rotatable bonds is 2. The van der Waals surface area contributed by atoms with Gasteiger partial charge in [0.05, 0.1) is 0 Å². The van der Waals surface area contributed by atoms with Gasteiger partial charge in [-0.15, -0.1) is 0 Å². The molecule has 0 aliphatic carbocycles. The monoisotopic (exact) mass is 329 g/mol. The van der Waals surface area contributed by atoms with Gasteiger partial charge < -0.3 is 4.74 Å². The average molecular weight is 329 g/mol. The van der Waals surface area contributed by atoms with Crippen LogP contribution in [0.5, 0.6) is 0 Å². The van der Waals surface area contributed by atoms with Gasteiger partial charge in [0.25, 0.3) is 4.93 Å². The Labute approximate surface area is 150 Å². The zero-order valence-electron chi connectivity index (χ0n) is 11.2. The van der Waals surface area contributed by atoms with E-state index in [1.165, 1.54) is 0 Å². The summed E-state index contributed by atoms with van der Waals surface area (Å²) in [6.45, 7) is 0. The molecule has 2 aromatic carbocycles. The predicted octanol–water partition coefficient (Wildman–Crippen LogP) is 2.10. The van der Waals surface area contributed by atoms with Gasteiger partial charge in [-0.2, -0.15) is 8.42 Å². The molecule has 0 bridgehead atoms. The molecule has 1 N–H and O–H groups in total. The van der Waals surface area contributed by atoms with Crippen LogP contribution in [0.2, 0.25) is 0 Å². The molecule has 0 saturated carbocycles. The van der Waals surface area contributed by atoms with Gasteiger partial charge in [0.2, 0.25) is 0 Å². The van der Waals surface area contributed by atoms with Crippen LogP contribution in [-0.2, 0) is 19.8 Å². The summed E-state index contributed by atoms with van der Waals surface area (Å²) < 4.78 is 39.3. The van der Waals surface area contributed by atoms with Crippen LogP contribution in [-0.4, -0.2) is 47.6 Å². The second-order valence-electron chi connectivity index (χ2n) is 4.39. The van der Waals surface area contributed by atoms with Crippen LogP contribution < -0.4 is 0 Å². The molecule has 103 valence electrons. The first kappa shape index (κ1) is 16.6. The number of hydrogen-bond acceptors (Lipinski definition) is 4. The van der Waals surface area contributed by atoms with Crippen molar-refractivity contribution in [3.63, 3.8) is 0 Å². The summed E-state index contributed by atoms with van der Waals surface area (Å²) in [5.74, 6) is 0. The molecule has 0 spiro atoms. The molecule has 1 unspecified atom stereocenters. The van der Waals surface area contributed by atoms with E-state index in [0.717, 1.165) is 0 Å². The van der Waals surface area contributed by atoms with E-state index in [-0.39, 0.29) is 34.6 Å². The Morgan fingerprint density at radius 2 is 1.57 bits per heavy atom. The third-order valence-corrected chi connectivity index (χ3v) is 4.82. The molecule has 0 aromatic heterocycles. The third kappa shape index (κ3) is 2.46. The molecule has 4 nitrogen and oxygen atoms in total. The van der Waals surface area contributed by atoms with Crippen molar-refractivity contribution < 1.29 is 17.7 Å². The predicted molar refractivity (Wildman–Crippen MR) is 83.8 cm³/mol. The van der Waals surface area contributed by atoms with Crippen LogP contribution in [0.15, 0.2) is 54.6 Å². The number of thiocarbonyl (C=S) groups is 1. The molecule has 1 aliphatic heterocycles. The fraction of sp³-hybridized carbons (Fsp3) is 0.0714. The van der Waals surface area contributed by atoms with E-state index in [9.17, 15) is 13.0 Å². The maximum Gasteiger partial charge on any atom is 0.315 e. The van der Waals surface area contributed by atoms with E-state index in [1.807, 2.05) is 0 Å². The molecule has 0 amide bonds. The molecule has 1 atom stereocenters. The molecule has 2 aromatic rings. The van der Waals surface area contributed by atoms with Gasteiger partial charge in [-0.05, 0) is 18.3 Å². The van der Waals surface area contributed by atoms with Crippen LogP contribution in [0.25, 0.3) is 0 Å². The Morgan fingerprint density at radius 3 is 2.19 bits per heavy atom. The van der Waals surface area contributed by atoms with Crippen LogP contribution in [0.1, 0.15) is 16.7 Å². The molecule has 1 radical (unpaired) electrons. The van der Waals surface area contributed by atoms with Gasteiger partial charge in [0.15, 0.2) is 5.05 Å². The first-order chi connectivity index (χ1) is 9.47. The van der Waals surface area contributed by atoms with Crippen LogP contribution >= 0.6 is 12.2 Å². The minimum Gasteiger partial charge on any atom is -0.449 e. The van der Waals surface area contributed by atoms with Crippen molar-refractivity contribution in [2.75, 3.05) is 0 Å². The zero-order valence-corrected chi connectivity index (χ0v) is 14.8. The van der Waals surface area contributed by atoms with E-state index in [4.69, 9.17) is 17.0 Å². The fourth-order valence-electron chi connectivity index (χ4n) is 2.40. The van der Waals surface area contributed by atoms with E-state index in [2.05, 4.69) is 0 Å². The van der Waals surface area contributed by atoms with E-state index < -0.39 is 15.1 Å². The maximum atomic E-state index is 12.0. The molecule has 0 saturated heterocycles. The van der Waals surface area contributed by atoms with Crippen LogP contribution in [0.3, 0.4) is 0 Å². The summed E-state index contributed by atoms with van der Waals surface area (Å²) in [6, 6.07) is 14.9. The Morgan fingerprint density at radius 1 is 1.00 bits per heavy atom. The second-order valence-corrected chi connectivity index (χ2v) is 6.29. The van der Waals surface area contributed by atoms with Crippen LogP contribution in [0, 0.1) is 0 Å². The number of fused-ring (bicyclic) bond motifs is 1. The van der Waals surface area contributed by atoms with Crippen molar-refractivity contribution in [1.82, 2.24) is 0 Å². The summed E-state index contributed by atoms with van der Waals surface area (Å²) in [7, 11) is -4.57. The smallest absolute Gasteiger partial charge is 0.315 e. The summed E-state index contributed by atoms with van der Waals surface area (Å²) in [4.78, 5) is -1.98. The second kappa shape index (κ2) is 5.79. The van der Waals surface area contributed by atoms with Gasteiger partial charge in [-0.1, -0.05) is 48.5 Å². The molecular formula is C14H10NaO4S2. The van der Waals surface area contributed by atoms with Crippen molar-refractivity contribution in [2.45, 2.75) is 4.93 Å². The van der Waals surface area contributed by atoms with Crippen molar-refractivity contribution in [1.29, 1.82) is 0 Å². The van der Waals surface area contributed by atoms with E-state index in [0.29, 0.717) is 16.7 Å². The standard InChI is InChI=1S/C14H10O4S2.Na/c15-20(16,17)14(10-6-2-1-3-7-10)12-9-5-4-8-11(12)13(19)18-14;/h1-9H,(H,15,16,17);. The Kier molecular flexibility index (Phi) is 4.58. The maximum absolute atomic E-state index is 12.0. The first-order valence-electron chi connectivity index (χ1n) is 5.82. The van der Waals surface area contributed by atoms with E-state index >= 15 is 0 Å². The topological polar surface area (TPSA) is 63.6 Å². The minimum absolute atomic E-state index is 0. The normalized spacial score (nSPS) is 20.3. The molecular weight excluding hydrogens is 319 g/mol. The Bertz CT molecular complexity index is 790. The summed E-state index contributed by atoms with van der Waals surface area (Å²) >= 11 is 5.09. The third-order valence-electron chi connectivity index (χ3n) is 3.26. The van der Waals surface area contributed by atoms with Crippen molar-refractivity contribution in [3.8, 4) is 0 Å². The summed E-state index contributed by atoms with van der Waals surface area (Å²) in [6.07, 6.45) is 0. The fourth-order valence-corrected chi connectivity index (χ4v) is 3.84. The summed E-state index contributed by atoms with van der Waals surface area (Å²) in [5, 5.41) is 0.0575. The largest absolute Gasteiger partial charge is 0.449 e. The minimum atomic E-state index is -4.57. The SMILES string of the molecule is O=S(=O)(O)C1(c2ccccc2)OC(=S)c2ccccc21.[Na]. The van der Waals surface area contributed by atoms with Gasteiger partial charge in [-0.3, -0.25) is 4.55 Å². The van der Waals surface area contributed by atoms with Crippen molar-refractivity contribution in [3.05, 3.63) is 71.3 Å².